The first-order chi connectivity index (χ1) is 12.6. The Morgan fingerprint density at radius 3 is 2.65 bits per heavy atom. The Bertz CT molecular complexity index is 704. The molecule has 2 aliphatic heterocycles. The molecule has 6 nitrogen and oxygen atoms in total. The Balaban J connectivity index is 1.55. The maximum atomic E-state index is 12.9. The largest absolute Gasteiger partial charge is 0.369 e. The van der Waals surface area contributed by atoms with Crippen molar-refractivity contribution >= 4 is 11.8 Å². The van der Waals surface area contributed by atoms with Crippen LogP contribution in [0, 0.1) is 17.2 Å². The molecule has 0 aliphatic carbocycles. The Morgan fingerprint density at radius 2 is 1.96 bits per heavy atom. The van der Waals surface area contributed by atoms with E-state index in [9.17, 15) is 9.59 Å². The minimum Gasteiger partial charge on any atom is -0.369 e. The van der Waals surface area contributed by atoms with Crippen LogP contribution in [0.25, 0.3) is 0 Å². The van der Waals surface area contributed by atoms with Crippen LogP contribution in [-0.2, 0) is 9.59 Å². The van der Waals surface area contributed by atoms with Crippen molar-refractivity contribution in [1.29, 1.82) is 5.26 Å². The summed E-state index contributed by atoms with van der Waals surface area (Å²) in [6, 6.07) is 9.98. The van der Waals surface area contributed by atoms with E-state index in [4.69, 9.17) is 11.0 Å². The third-order valence-corrected chi connectivity index (χ3v) is 5.53. The number of nitriles is 1. The summed E-state index contributed by atoms with van der Waals surface area (Å²) in [5.41, 5.74) is 7.17. The highest BCUT2D eigenvalue weighted by molar-refractivity contribution is 5.80. The van der Waals surface area contributed by atoms with Gasteiger partial charge in [-0.1, -0.05) is 12.1 Å². The molecule has 0 aromatic heterocycles. The first-order valence-corrected chi connectivity index (χ1v) is 9.36. The molecule has 6 heteroatoms. The molecule has 138 valence electrons. The SMILES string of the molecule is N#Cc1cccc(C2CCN(C(=O)[C@@H]3CCCN(CC(N)=O)C3)CC2)c1. The zero-order valence-corrected chi connectivity index (χ0v) is 15.1. The van der Waals surface area contributed by atoms with Gasteiger partial charge in [0.1, 0.15) is 0 Å². The molecule has 2 amide bonds. The van der Waals surface area contributed by atoms with Crippen LogP contribution < -0.4 is 5.73 Å². The maximum absolute atomic E-state index is 12.9. The van der Waals surface area contributed by atoms with E-state index in [1.54, 1.807) is 0 Å². The number of benzene rings is 1. The molecule has 3 rings (SSSR count). The third kappa shape index (κ3) is 4.41. The molecule has 1 aromatic rings. The lowest BCUT2D eigenvalue weighted by Crippen LogP contribution is -2.48. The second-order valence-electron chi connectivity index (χ2n) is 7.38. The molecular weight excluding hydrogens is 328 g/mol. The van der Waals surface area contributed by atoms with Gasteiger partial charge in [-0.2, -0.15) is 5.26 Å². The van der Waals surface area contributed by atoms with Crippen molar-refractivity contribution in [1.82, 2.24) is 9.80 Å². The third-order valence-electron chi connectivity index (χ3n) is 5.53. The lowest BCUT2D eigenvalue weighted by atomic mass is 9.87. The molecule has 0 bridgehead atoms. The molecule has 2 fully saturated rings. The van der Waals surface area contributed by atoms with Gasteiger partial charge in [0, 0.05) is 19.6 Å². The van der Waals surface area contributed by atoms with Crippen LogP contribution in [0.3, 0.4) is 0 Å². The van der Waals surface area contributed by atoms with Crippen molar-refractivity contribution < 1.29 is 9.59 Å². The summed E-state index contributed by atoms with van der Waals surface area (Å²) in [4.78, 5) is 28.0. The summed E-state index contributed by atoms with van der Waals surface area (Å²) >= 11 is 0. The van der Waals surface area contributed by atoms with Crippen LogP contribution in [0.4, 0.5) is 0 Å². The standard InChI is InChI=1S/C20H26N4O2/c21-12-15-3-1-4-17(11-15)16-6-9-24(10-7-16)20(26)18-5-2-8-23(13-18)14-19(22)25/h1,3-4,11,16,18H,2,5-10,13-14H2,(H2,22,25)/t18-/m1/s1. The number of hydrogen-bond donors (Lipinski definition) is 1. The van der Waals surface area contributed by atoms with Gasteiger partial charge < -0.3 is 10.6 Å². The second kappa shape index (κ2) is 8.33. The van der Waals surface area contributed by atoms with Crippen molar-refractivity contribution in [2.24, 2.45) is 11.7 Å². The normalized spacial score (nSPS) is 22.0. The van der Waals surface area contributed by atoms with Crippen molar-refractivity contribution in [2.75, 3.05) is 32.7 Å². The number of nitrogens with zero attached hydrogens (tertiary/aromatic N) is 3. The molecule has 2 N–H and O–H groups in total. The molecule has 26 heavy (non-hydrogen) atoms. The summed E-state index contributed by atoms with van der Waals surface area (Å²) in [5.74, 6) is 0.258. The molecule has 1 atom stereocenters. The Labute approximate surface area is 154 Å². The van der Waals surface area contributed by atoms with Gasteiger partial charge in [-0.25, -0.2) is 0 Å². The van der Waals surface area contributed by atoms with Gasteiger partial charge in [0.25, 0.3) is 0 Å². The fourth-order valence-electron chi connectivity index (χ4n) is 4.17. The first kappa shape index (κ1) is 18.4. The van der Waals surface area contributed by atoms with Crippen LogP contribution in [-0.4, -0.2) is 54.3 Å². The fourth-order valence-corrected chi connectivity index (χ4v) is 4.17. The Morgan fingerprint density at radius 1 is 1.19 bits per heavy atom. The van der Waals surface area contributed by atoms with Crippen molar-refractivity contribution in [3.8, 4) is 6.07 Å². The number of likely N-dealkylation sites (tertiary alicyclic amines) is 2. The molecule has 0 spiro atoms. The summed E-state index contributed by atoms with van der Waals surface area (Å²) < 4.78 is 0. The van der Waals surface area contributed by atoms with E-state index in [1.807, 2.05) is 28.0 Å². The van der Waals surface area contributed by atoms with Gasteiger partial charge in [0.15, 0.2) is 0 Å². The van der Waals surface area contributed by atoms with E-state index in [-0.39, 0.29) is 24.3 Å². The van der Waals surface area contributed by atoms with E-state index in [2.05, 4.69) is 12.1 Å². The molecule has 0 saturated carbocycles. The van der Waals surface area contributed by atoms with Gasteiger partial charge in [0.2, 0.25) is 11.8 Å². The Kier molecular flexibility index (Phi) is 5.89. The van der Waals surface area contributed by atoms with Crippen LogP contribution in [0.2, 0.25) is 0 Å². The molecule has 2 heterocycles. The minimum atomic E-state index is -0.335. The summed E-state index contributed by atoms with van der Waals surface area (Å²) in [7, 11) is 0. The van der Waals surface area contributed by atoms with Crippen molar-refractivity contribution in [3.63, 3.8) is 0 Å². The van der Waals surface area contributed by atoms with Crippen LogP contribution >= 0.6 is 0 Å². The number of hydrogen-bond acceptors (Lipinski definition) is 4. The Hall–Kier alpha value is -2.39. The average Bonchev–Trinajstić information content (AvgIpc) is 2.67. The maximum Gasteiger partial charge on any atom is 0.231 e. The van der Waals surface area contributed by atoms with Gasteiger partial charge >= 0.3 is 0 Å². The quantitative estimate of drug-likeness (QED) is 0.886. The molecule has 2 aliphatic rings. The monoisotopic (exact) mass is 354 g/mol. The second-order valence-corrected chi connectivity index (χ2v) is 7.38. The van der Waals surface area contributed by atoms with Gasteiger partial charge in [-0.15, -0.1) is 0 Å². The number of piperidine rings is 2. The number of carbonyl (C=O) groups is 2. The smallest absolute Gasteiger partial charge is 0.231 e. The van der Waals surface area contributed by atoms with E-state index in [1.165, 1.54) is 5.56 Å². The molecule has 2 saturated heterocycles. The summed E-state index contributed by atoms with van der Waals surface area (Å²) in [5, 5.41) is 9.06. The summed E-state index contributed by atoms with van der Waals surface area (Å²) in [6.45, 7) is 3.22. The summed E-state index contributed by atoms with van der Waals surface area (Å²) in [6.07, 6.45) is 3.68. The van der Waals surface area contributed by atoms with Gasteiger partial charge in [0.05, 0.1) is 24.1 Å². The van der Waals surface area contributed by atoms with E-state index in [0.29, 0.717) is 18.0 Å². The zero-order chi connectivity index (χ0) is 18.5. The minimum absolute atomic E-state index is 0.0263. The lowest BCUT2D eigenvalue weighted by molar-refractivity contribution is -0.139. The fraction of sp³-hybridized carbons (Fsp3) is 0.550. The van der Waals surface area contributed by atoms with Crippen molar-refractivity contribution in [2.45, 2.75) is 31.6 Å². The highest BCUT2D eigenvalue weighted by atomic mass is 16.2. The number of nitrogens with two attached hydrogens (primary N) is 1. The lowest BCUT2D eigenvalue weighted by Gasteiger charge is -2.37. The first-order valence-electron chi connectivity index (χ1n) is 9.36. The number of primary amides is 1. The number of amides is 2. The van der Waals surface area contributed by atoms with E-state index in [0.717, 1.165) is 45.3 Å². The van der Waals surface area contributed by atoms with Crippen LogP contribution in [0.15, 0.2) is 24.3 Å². The zero-order valence-electron chi connectivity index (χ0n) is 15.1. The molecule has 1 aromatic carbocycles. The predicted octanol–water partition coefficient (Wildman–Crippen LogP) is 1.46. The topological polar surface area (TPSA) is 90.4 Å². The van der Waals surface area contributed by atoms with Crippen molar-refractivity contribution in [3.05, 3.63) is 35.4 Å². The average molecular weight is 354 g/mol. The van der Waals surface area contributed by atoms with Gasteiger partial charge in [-0.3, -0.25) is 14.5 Å². The van der Waals surface area contributed by atoms with E-state index < -0.39 is 0 Å². The molecule has 0 unspecified atom stereocenters. The van der Waals surface area contributed by atoms with Crippen LogP contribution in [0.1, 0.15) is 42.7 Å². The number of carbonyl (C=O) groups excluding carboxylic acids is 2. The molecular formula is C20H26N4O2. The highest BCUT2D eigenvalue weighted by Gasteiger charge is 2.32. The van der Waals surface area contributed by atoms with E-state index >= 15 is 0 Å². The predicted molar refractivity (Wildman–Crippen MR) is 98.1 cm³/mol. The van der Waals surface area contributed by atoms with Gasteiger partial charge in [-0.05, 0) is 55.8 Å². The van der Waals surface area contributed by atoms with Crippen LogP contribution in [0.5, 0.6) is 0 Å². The highest BCUT2D eigenvalue weighted by Crippen LogP contribution is 2.30. The molecule has 0 radical (unpaired) electrons. The number of rotatable bonds is 4.